The largest absolute Gasteiger partial charge is 0.337 e. The summed E-state index contributed by atoms with van der Waals surface area (Å²) in [6, 6.07) is 6.15. The molecule has 0 aliphatic rings. The molecule has 0 bridgehead atoms. The van der Waals surface area contributed by atoms with Crippen LogP contribution in [0, 0.1) is 21.7 Å². The zero-order chi connectivity index (χ0) is 20.0. The molecule has 144 valence electrons. The summed E-state index contributed by atoms with van der Waals surface area (Å²) in [5, 5.41) is 15.2. The minimum absolute atomic E-state index is 0.109. The number of halogens is 2. The fraction of sp³-hybridized carbons (Fsp3) is 0.133. The number of benzene rings is 2. The highest BCUT2D eigenvalue weighted by atomic mass is 32.2. The first kappa shape index (κ1) is 20.2. The van der Waals surface area contributed by atoms with E-state index in [1.54, 1.807) is 0 Å². The molecule has 9 nitrogen and oxygen atoms in total. The van der Waals surface area contributed by atoms with Gasteiger partial charge in [-0.25, -0.2) is 26.7 Å². The van der Waals surface area contributed by atoms with Crippen LogP contribution in [0.25, 0.3) is 0 Å². The molecule has 0 aromatic heterocycles. The lowest BCUT2D eigenvalue weighted by molar-refractivity contribution is -0.385. The first-order valence-electron chi connectivity index (χ1n) is 7.42. The van der Waals surface area contributed by atoms with Gasteiger partial charge in [0.05, 0.1) is 9.82 Å². The second-order valence-corrected chi connectivity index (χ2v) is 6.96. The summed E-state index contributed by atoms with van der Waals surface area (Å²) < 4.78 is 52.4. The maximum Gasteiger partial charge on any atom is 0.319 e. The average molecular weight is 400 g/mol. The molecule has 0 saturated heterocycles. The molecule has 2 aromatic rings. The molecule has 3 N–H and O–H groups in total. The molecule has 0 heterocycles. The van der Waals surface area contributed by atoms with E-state index in [9.17, 15) is 32.1 Å². The summed E-state index contributed by atoms with van der Waals surface area (Å²) in [6.07, 6.45) is 0. The number of sulfonamides is 1. The summed E-state index contributed by atoms with van der Waals surface area (Å²) in [7, 11) is -4.01. The number of nitro benzene ring substituents is 1. The number of nitrogens with one attached hydrogen (secondary N) is 3. The molecule has 0 spiro atoms. The van der Waals surface area contributed by atoms with Crippen LogP contribution in [0.5, 0.6) is 0 Å². The fourth-order valence-electron chi connectivity index (χ4n) is 2.01. The number of non-ortho nitro benzene ring substituents is 1. The van der Waals surface area contributed by atoms with Crippen LogP contribution in [0.1, 0.15) is 0 Å². The Hall–Kier alpha value is -3.12. The summed E-state index contributed by atoms with van der Waals surface area (Å²) in [5.74, 6) is -1.73. The molecule has 0 aliphatic carbocycles. The normalized spacial score (nSPS) is 11.0. The second kappa shape index (κ2) is 8.51. The van der Waals surface area contributed by atoms with Gasteiger partial charge in [-0.05, 0) is 18.2 Å². The molecular formula is C15H14F2N4O5S. The Morgan fingerprint density at radius 2 is 1.74 bits per heavy atom. The van der Waals surface area contributed by atoms with Crippen molar-refractivity contribution in [3.05, 3.63) is 64.2 Å². The first-order valence-corrected chi connectivity index (χ1v) is 8.91. The number of nitro groups is 1. The van der Waals surface area contributed by atoms with Crippen LogP contribution in [0.15, 0.2) is 47.4 Å². The first-order chi connectivity index (χ1) is 12.7. The second-order valence-electron chi connectivity index (χ2n) is 5.19. The van der Waals surface area contributed by atoms with Crippen molar-refractivity contribution in [2.24, 2.45) is 0 Å². The summed E-state index contributed by atoms with van der Waals surface area (Å²) >= 11 is 0. The van der Waals surface area contributed by atoms with Gasteiger partial charge in [-0.3, -0.25) is 10.1 Å². The summed E-state index contributed by atoms with van der Waals surface area (Å²) in [4.78, 5) is 21.3. The predicted molar refractivity (Wildman–Crippen MR) is 91.7 cm³/mol. The van der Waals surface area contributed by atoms with E-state index in [2.05, 4.69) is 15.4 Å². The minimum Gasteiger partial charge on any atom is -0.337 e. The van der Waals surface area contributed by atoms with Crippen LogP contribution in [0.4, 0.5) is 25.0 Å². The lowest BCUT2D eigenvalue weighted by Crippen LogP contribution is -2.36. The Balaban J connectivity index is 1.85. The van der Waals surface area contributed by atoms with Gasteiger partial charge in [-0.2, -0.15) is 0 Å². The third kappa shape index (κ3) is 5.97. The van der Waals surface area contributed by atoms with Crippen molar-refractivity contribution in [1.29, 1.82) is 0 Å². The molecule has 2 rings (SSSR count). The van der Waals surface area contributed by atoms with Gasteiger partial charge in [0.2, 0.25) is 10.0 Å². The van der Waals surface area contributed by atoms with Crippen molar-refractivity contribution in [2.45, 2.75) is 4.90 Å². The van der Waals surface area contributed by atoms with E-state index < -0.39 is 32.6 Å². The van der Waals surface area contributed by atoms with E-state index in [-0.39, 0.29) is 29.4 Å². The van der Waals surface area contributed by atoms with Crippen LogP contribution in [0.3, 0.4) is 0 Å². The molecule has 0 atom stereocenters. The topological polar surface area (TPSA) is 130 Å². The minimum atomic E-state index is -4.01. The lowest BCUT2D eigenvalue weighted by Gasteiger charge is -2.09. The number of hydrogen-bond acceptors (Lipinski definition) is 5. The van der Waals surface area contributed by atoms with E-state index in [0.29, 0.717) is 6.07 Å². The number of urea groups is 1. The van der Waals surface area contributed by atoms with Crippen molar-refractivity contribution < 1.29 is 26.9 Å². The van der Waals surface area contributed by atoms with Crippen LogP contribution in [-0.4, -0.2) is 32.5 Å². The Bertz CT molecular complexity index is 948. The van der Waals surface area contributed by atoms with Crippen LogP contribution in [-0.2, 0) is 10.0 Å². The molecule has 0 unspecified atom stereocenters. The van der Waals surface area contributed by atoms with Crippen molar-refractivity contribution in [3.8, 4) is 0 Å². The van der Waals surface area contributed by atoms with Gasteiger partial charge in [0.15, 0.2) is 0 Å². The van der Waals surface area contributed by atoms with E-state index in [1.165, 1.54) is 12.1 Å². The molecule has 0 fully saturated rings. The van der Waals surface area contributed by atoms with Gasteiger partial charge in [0.25, 0.3) is 5.69 Å². The maximum atomic E-state index is 13.0. The van der Waals surface area contributed by atoms with Crippen LogP contribution >= 0.6 is 0 Å². The van der Waals surface area contributed by atoms with Crippen LogP contribution < -0.4 is 15.4 Å². The smallest absolute Gasteiger partial charge is 0.319 e. The summed E-state index contributed by atoms with van der Waals surface area (Å²) in [6.45, 7) is -0.353. The van der Waals surface area contributed by atoms with Crippen molar-refractivity contribution in [1.82, 2.24) is 10.0 Å². The average Bonchev–Trinajstić information content (AvgIpc) is 2.58. The molecule has 12 heteroatoms. The van der Waals surface area contributed by atoms with Crippen molar-refractivity contribution >= 4 is 27.4 Å². The van der Waals surface area contributed by atoms with Crippen LogP contribution in [0.2, 0.25) is 0 Å². The number of hydrogen-bond donors (Lipinski definition) is 3. The highest BCUT2D eigenvalue weighted by Crippen LogP contribution is 2.17. The van der Waals surface area contributed by atoms with E-state index >= 15 is 0 Å². The standard InChI is InChI=1S/C15H14F2N4O5S/c16-10-6-11(17)8-12(7-10)20-15(22)18-4-5-19-27(25,26)14-3-1-2-13(9-14)21(23)24/h1-3,6-9,19H,4-5H2,(H2,18,20,22). The van der Waals surface area contributed by atoms with Gasteiger partial charge in [0.1, 0.15) is 11.6 Å². The Kier molecular flexibility index (Phi) is 6.36. The van der Waals surface area contributed by atoms with Gasteiger partial charge in [0, 0.05) is 37.0 Å². The molecule has 2 amide bonds. The van der Waals surface area contributed by atoms with Crippen molar-refractivity contribution in [2.75, 3.05) is 18.4 Å². The monoisotopic (exact) mass is 400 g/mol. The third-order valence-electron chi connectivity index (χ3n) is 3.16. The number of nitrogens with zero attached hydrogens (tertiary/aromatic N) is 1. The molecule has 0 saturated carbocycles. The zero-order valence-electron chi connectivity index (χ0n) is 13.6. The molecule has 0 radical (unpaired) electrons. The SMILES string of the molecule is O=C(NCCNS(=O)(=O)c1cccc([N+](=O)[O-])c1)Nc1cc(F)cc(F)c1. The fourth-order valence-corrected chi connectivity index (χ4v) is 3.08. The molecular weight excluding hydrogens is 386 g/mol. The third-order valence-corrected chi connectivity index (χ3v) is 4.62. The number of amides is 2. The van der Waals surface area contributed by atoms with Gasteiger partial charge < -0.3 is 10.6 Å². The number of rotatable bonds is 7. The number of carbonyl (C=O) groups excluding carboxylic acids is 1. The van der Waals surface area contributed by atoms with E-state index in [1.807, 2.05) is 0 Å². The highest BCUT2D eigenvalue weighted by Gasteiger charge is 2.17. The molecule has 0 aliphatic heterocycles. The Morgan fingerprint density at radius 3 is 2.37 bits per heavy atom. The summed E-state index contributed by atoms with van der Waals surface area (Å²) in [5.41, 5.74) is -0.486. The lowest BCUT2D eigenvalue weighted by atomic mass is 10.3. The van der Waals surface area contributed by atoms with Crippen molar-refractivity contribution in [3.63, 3.8) is 0 Å². The number of carbonyl (C=O) groups is 1. The quantitative estimate of drug-likeness (QED) is 0.372. The maximum absolute atomic E-state index is 13.0. The highest BCUT2D eigenvalue weighted by molar-refractivity contribution is 7.89. The van der Waals surface area contributed by atoms with E-state index in [0.717, 1.165) is 24.3 Å². The molecule has 2 aromatic carbocycles. The zero-order valence-corrected chi connectivity index (χ0v) is 14.4. The Labute approximate surface area is 152 Å². The molecule has 27 heavy (non-hydrogen) atoms. The number of anilines is 1. The van der Waals surface area contributed by atoms with Gasteiger partial charge in [-0.15, -0.1) is 0 Å². The predicted octanol–water partition coefficient (Wildman–Crippen LogP) is 1.97. The van der Waals surface area contributed by atoms with E-state index in [4.69, 9.17) is 0 Å². The Morgan fingerprint density at radius 1 is 1.07 bits per heavy atom. The van der Waals surface area contributed by atoms with Gasteiger partial charge >= 0.3 is 6.03 Å². The van der Waals surface area contributed by atoms with Gasteiger partial charge in [-0.1, -0.05) is 6.07 Å².